The molecule has 0 spiro atoms. The molecule has 0 aliphatic heterocycles. The third-order valence-electron chi connectivity index (χ3n) is 2.70. The lowest BCUT2D eigenvalue weighted by Gasteiger charge is -2.27. The normalized spacial score (nSPS) is 28.0. The van der Waals surface area contributed by atoms with Gasteiger partial charge >= 0.3 is 0 Å². The number of carbonyl (C=O) groups is 1. The molecule has 1 aliphatic rings. The summed E-state index contributed by atoms with van der Waals surface area (Å²) >= 11 is 1.34. The molecule has 0 heterocycles. The van der Waals surface area contributed by atoms with Crippen LogP contribution in [0.1, 0.15) is 46.5 Å². The Bertz CT molecular complexity index is 284. The van der Waals surface area contributed by atoms with Crippen LogP contribution in [0.3, 0.4) is 0 Å². The lowest BCUT2D eigenvalue weighted by Crippen LogP contribution is -2.47. The van der Waals surface area contributed by atoms with Gasteiger partial charge in [-0.15, -0.1) is 0 Å². The second kappa shape index (κ2) is 6.45. The van der Waals surface area contributed by atoms with Gasteiger partial charge in [0.25, 0.3) is 5.24 Å². The van der Waals surface area contributed by atoms with Crippen molar-refractivity contribution in [3.63, 3.8) is 0 Å². The third kappa shape index (κ3) is 6.13. The first-order valence-corrected chi connectivity index (χ1v) is 7.10. The quantitative estimate of drug-likeness (QED) is 0.709. The molecular formula is C13H24N2OS. The molecule has 0 saturated carbocycles. The van der Waals surface area contributed by atoms with Crippen LogP contribution in [0.4, 0.5) is 4.79 Å². The van der Waals surface area contributed by atoms with Crippen LogP contribution in [0.5, 0.6) is 0 Å². The van der Waals surface area contributed by atoms with E-state index in [1.165, 1.54) is 11.8 Å². The largest absolute Gasteiger partial charge is 0.343 e. The van der Waals surface area contributed by atoms with Crippen LogP contribution in [-0.4, -0.2) is 22.1 Å². The van der Waals surface area contributed by atoms with Crippen molar-refractivity contribution < 1.29 is 4.79 Å². The van der Waals surface area contributed by atoms with Gasteiger partial charge in [0.05, 0.1) is 0 Å². The summed E-state index contributed by atoms with van der Waals surface area (Å²) in [5.41, 5.74) is 6.10. The highest BCUT2D eigenvalue weighted by molar-refractivity contribution is 8.14. The van der Waals surface area contributed by atoms with Crippen molar-refractivity contribution in [2.24, 2.45) is 5.73 Å². The summed E-state index contributed by atoms with van der Waals surface area (Å²) in [6.45, 7) is 6.12. The minimum atomic E-state index is -0.0459. The zero-order valence-corrected chi connectivity index (χ0v) is 11.8. The SMILES string of the molecule is CC(C)(C)SC(=O)NC1CC/C=C/CC[C@H]1N. The molecule has 0 aromatic heterocycles. The Morgan fingerprint density at radius 1 is 1.29 bits per heavy atom. The minimum absolute atomic E-state index is 0.0440. The maximum Gasteiger partial charge on any atom is 0.279 e. The van der Waals surface area contributed by atoms with Crippen molar-refractivity contribution in [3.05, 3.63) is 12.2 Å². The summed E-state index contributed by atoms with van der Waals surface area (Å²) in [4.78, 5) is 11.8. The smallest absolute Gasteiger partial charge is 0.279 e. The fourth-order valence-corrected chi connectivity index (χ4v) is 2.62. The molecule has 0 aromatic rings. The first kappa shape index (κ1) is 14.6. The van der Waals surface area contributed by atoms with E-state index in [9.17, 15) is 4.79 Å². The van der Waals surface area contributed by atoms with Gasteiger partial charge in [0.1, 0.15) is 0 Å². The molecule has 98 valence electrons. The van der Waals surface area contributed by atoms with Crippen LogP contribution in [0.2, 0.25) is 0 Å². The average Bonchev–Trinajstić information content (AvgIpc) is 2.15. The van der Waals surface area contributed by atoms with E-state index in [-0.39, 0.29) is 22.1 Å². The summed E-state index contributed by atoms with van der Waals surface area (Å²) in [5, 5.41) is 3.10. The van der Waals surface area contributed by atoms with E-state index in [0.29, 0.717) is 0 Å². The number of nitrogens with two attached hydrogens (primary N) is 1. The van der Waals surface area contributed by atoms with Crippen molar-refractivity contribution in [2.75, 3.05) is 0 Å². The lowest BCUT2D eigenvalue weighted by atomic mass is 9.96. The minimum Gasteiger partial charge on any atom is -0.343 e. The molecule has 1 rings (SSSR count). The Labute approximate surface area is 109 Å². The van der Waals surface area contributed by atoms with E-state index in [0.717, 1.165) is 25.7 Å². The number of carbonyl (C=O) groups excluding carboxylic acids is 1. The highest BCUT2D eigenvalue weighted by atomic mass is 32.2. The maximum absolute atomic E-state index is 11.8. The Balaban J connectivity index is 2.47. The number of hydrogen-bond acceptors (Lipinski definition) is 3. The summed E-state index contributed by atoms with van der Waals surface area (Å²) in [6, 6.07) is 0.187. The Morgan fingerprint density at radius 2 is 1.88 bits per heavy atom. The first-order chi connectivity index (χ1) is 7.88. The summed E-state index contributed by atoms with van der Waals surface area (Å²) < 4.78 is -0.0459. The van der Waals surface area contributed by atoms with Crippen molar-refractivity contribution in [2.45, 2.75) is 63.3 Å². The Kier molecular flexibility index (Phi) is 5.53. The van der Waals surface area contributed by atoms with Gasteiger partial charge in [0.15, 0.2) is 0 Å². The van der Waals surface area contributed by atoms with Crippen LogP contribution < -0.4 is 11.1 Å². The van der Waals surface area contributed by atoms with Crippen LogP contribution in [-0.2, 0) is 0 Å². The molecule has 0 radical (unpaired) electrons. The van der Waals surface area contributed by atoms with Crippen molar-refractivity contribution >= 4 is 17.0 Å². The van der Waals surface area contributed by atoms with Crippen molar-refractivity contribution in [1.82, 2.24) is 5.32 Å². The predicted octanol–water partition coefficient (Wildman–Crippen LogP) is 3.05. The molecule has 0 aromatic carbocycles. The van der Waals surface area contributed by atoms with Crippen LogP contribution >= 0.6 is 11.8 Å². The van der Waals surface area contributed by atoms with Gasteiger partial charge in [-0.25, -0.2) is 0 Å². The van der Waals surface area contributed by atoms with Gasteiger partial charge in [0.2, 0.25) is 0 Å². The van der Waals surface area contributed by atoms with E-state index in [1.807, 2.05) is 20.8 Å². The molecule has 1 amide bonds. The topological polar surface area (TPSA) is 55.1 Å². The average molecular weight is 256 g/mol. The Morgan fingerprint density at radius 3 is 2.47 bits per heavy atom. The molecule has 2 atom stereocenters. The van der Waals surface area contributed by atoms with Gasteiger partial charge in [0, 0.05) is 16.8 Å². The molecule has 3 nitrogen and oxygen atoms in total. The first-order valence-electron chi connectivity index (χ1n) is 6.28. The molecule has 0 fully saturated rings. The highest BCUT2D eigenvalue weighted by Crippen LogP contribution is 2.24. The van der Waals surface area contributed by atoms with Gasteiger partial charge in [-0.1, -0.05) is 44.7 Å². The van der Waals surface area contributed by atoms with Gasteiger partial charge in [-0.2, -0.15) is 0 Å². The number of hydrogen-bond donors (Lipinski definition) is 2. The van der Waals surface area contributed by atoms with E-state index < -0.39 is 0 Å². The standard InChI is InChI=1S/C13H24N2OS/c1-13(2,3)17-12(16)15-11-9-7-5-4-6-8-10(11)14/h4-5,10-11H,6-9,14H2,1-3H3,(H,15,16)/b5-4+/t10-,11?/m1/s1. The predicted molar refractivity (Wildman–Crippen MR) is 75.2 cm³/mol. The number of thioether (sulfide) groups is 1. The number of allylic oxidation sites excluding steroid dienone is 2. The summed E-state index contributed by atoms with van der Waals surface area (Å²) in [5.74, 6) is 0. The molecule has 1 aliphatic carbocycles. The van der Waals surface area contributed by atoms with E-state index in [2.05, 4.69) is 17.5 Å². The van der Waals surface area contributed by atoms with Crippen LogP contribution in [0, 0.1) is 0 Å². The number of amides is 1. The van der Waals surface area contributed by atoms with Crippen molar-refractivity contribution in [3.8, 4) is 0 Å². The fraction of sp³-hybridized carbons (Fsp3) is 0.769. The van der Waals surface area contributed by atoms with Gasteiger partial charge in [-0.05, 0) is 25.7 Å². The van der Waals surface area contributed by atoms with Gasteiger partial charge < -0.3 is 11.1 Å². The fourth-order valence-electron chi connectivity index (χ4n) is 1.85. The number of nitrogens with one attached hydrogen (secondary N) is 1. The monoisotopic (exact) mass is 256 g/mol. The zero-order valence-electron chi connectivity index (χ0n) is 11.0. The zero-order chi connectivity index (χ0) is 12.9. The molecule has 17 heavy (non-hydrogen) atoms. The molecule has 0 bridgehead atoms. The molecule has 0 saturated heterocycles. The third-order valence-corrected chi connectivity index (χ3v) is 3.61. The van der Waals surface area contributed by atoms with E-state index >= 15 is 0 Å². The summed E-state index contributed by atoms with van der Waals surface area (Å²) in [7, 11) is 0. The molecule has 1 unspecified atom stereocenters. The van der Waals surface area contributed by atoms with Crippen LogP contribution in [0.25, 0.3) is 0 Å². The Hall–Kier alpha value is -0.480. The van der Waals surface area contributed by atoms with Crippen molar-refractivity contribution in [1.29, 1.82) is 0 Å². The lowest BCUT2D eigenvalue weighted by molar-refractivity contribution is 0.253. The second-order valence-electron chi connectivity index (χ2n) is 5.54. The van der Waals surface area contributed by atoms with Gasteiger partial charge in [-0.3, -0.25) is 4.79 Å². The number of rotatable bonds is 1. The molecular weight excluding hydrogens is 232 g/mol. The van der Waals surface area contributed by atoms with Crippen LogP contribution in [0.15, 0.2) is 12.2 Å². The molecule has 3 N–H and O–H groups in total. The van der Waals surface area contributed by atoms with E-state index in [1.54, 1.807) is 0 Å². The highest BCUT2D eigenvalue weighted by Gasteiger charge is 2.23. The van der Waals surface area contributed by atoms with E-state index in [4.69, 9.17) is 5.73 Å². The summed E-state index contributed by atoms with van der Waals surface area (Å²) in [6.07, 6.45) is 8.26. The molecule has 4 heteroatoms. The second-order valence-corrected chi connectivity index (χ2v) is 7.34. The maximum atomic E-state index is 11.8.